The number of hydrogen-bond acceptors (Lipinski definition) is 2. The number of para-hydroxylation sites is 1. The molecule has 0 fully saturated rings. The molecule has 114 valence electrons. The molecule has 0 aliphatic carbocycles. The molecule has 0 N–H and O–H groups in total. The van der Waals surface area contributed by atoms with Gasteiger partial charge in [0.15, 0.2) is 0 Å². The molecule has 0 radical (unpaired) electrons. The van der Waals surface area contributed by atoms with E-state index in [9.17, 15) is 9.59 Å². The lowest BCUT2D eigenvalue weighted by atomic mass is 10.1. The van der Waals surface area contributed by atoms with Gasteiger partial charge in [-0.15, -0.1) is 0 Å². The van der Waals surface area contributed by atoms with Crippen LogP contribution in [-0.2, 0) is 16.0 Å². The van der Waals surface area contributed by atoms with E-state index in [1.54, 1.807) is 11.8 Å². The molecule has 0 saturated heterocycles. The van der Waals surface area contributed by atoms with Crippen LogP contribution in [0.1, 0.15) is 39.7 Å². The summed E-state index contributed by atoms with van der Waals surface area (Å²) in [5.74, 6) is 0.104. The van der Waals surface area contributed by atoms with Crippen LogP contribution in [0.15, 0.2) is 24.3 Å². The average molecular weight is 288 g/mol. The van der Waals surface area contributed by atoms with Crippen molar-refractivity contribution < 1.29 is 9.59 Å². The van der Waals surface area contributed by atoms with Gasteiger partial charge in [0.25, 0.3) is 0 Å². The summed E-state index contributed by atoms with van der Waals surface area (Å²) in [6.07, 6.45) is 1.28. The molecule has 0 bridgehead atoms. The molecular weight excluding hydrogens is 264 g/mol. The largest absolute Gasteiger partial charge is 0.338 e. The van der Waals surface area contributed by atoms with Crippen LogP contribution in [0.2, 0.25) is 0 Å². The second kappa shape index (κ2) is 5.88. The lowest BCUT2D eigenvalue weighted by Gasteiger charge is -2.35. The van der Waals surface area contributed by atoms with Gasteiger partial charge in [0.2, 0.25) is 11.8 Å². The molecule has 1 aromatic carbocycles. The van der Waals surface area contributed by atoms with E-state index >= 15 is 0 Å². The number of anilines is 1. The highest BCUT2D eigenvalue weighted by atomic mass is 16.2. The molecule has 1 aromatic rings. The molecule has 2 amide bonds. The van der Waals surface area contributed by atoms with Crippen LogP contribution in [0, 0.1) is 0 Å². The summed E-state index contributed by atoms with van der Waals surface area (Å²) in [7, 11) is 0. The van der Waals surface area contributed by atoms with Crippen molar-refractivity contribution in [3.63, 3.8) is 0 Å². The third-order valence-corrected chi connectivity index (χ3v) is 3.93. The molecule has 4 heteroatoms. The molecule has 0 saturated carbocycles. The first kappa shape index (κ1) is 15.5. The Kier molecular flexibility index (Phi) is 4.35. The van der Waals surface area contributed by atoms with E-state index in [1.807, 2.05) is 43.9 Å². The Morgan fingerprint density at radius 2 is 1.90 bits per heavy atom. The Morgan fingerprint density at radius 1 is 1.24 bits per heavy atom. The van der Waals surface area contributed by atoms with Crippen molar-refractivity contribution in [1.29, 1.82) is 0 Å². The van der Waals surface area contributed by atoms with Crippen LogP contribution in [0.25, 0.3) is 0 Å². The summed E-state index contributed by atoms with van der Waals surface area (Å²) in [5.41, 5.74) is 1.99. The number of amides is 2. The Hall–Kier alpha value is -1.84. The maximum Gasteiger partial charge on any atom is 0.228 e. The summed E-state index contributed by atoms with van der Waals surface area (Å²) >= 11 is 0. The molecule has 0 unspecified atom stereocenters. The second-order valence-corrected chi connectivity index (χ2v) is 6.52. The normalized spacial score (nSPS) is 14.0. The molecule has 4 nitrogen and oxygen atoms in total. The summed E-state index contributed by atoms with van der Waals surface area (Å²) < 4.78 is 0. The van der Waals surface area contributed by atoms with Crippen LogP contribution in [-0.4, -0.2) is 35.3 Å². The molecule has 1 aliphatic heterocycles. The molecular formula is C17H24N2O2. The fourth-order valence-electron chi connectivity index (χ4n) is 2.90. The lowest BCUT2D eigenvalue weighted by molar-refractivity contribution is -0.134. The fraction of sp³-hybridized carbons (Fsp3) is 0.529. The number of carbonyl (C=O) groups excluding carboxylic acids is 2. The van der Waals surface area contributed by atoms with Crippen molar-refractivity contribution in [1.82, 2.24) is 4.90 Å². The summed E-state index contributed by atoms with van der Waals surface area (Å²) in [6.45, 7) is 8.74. The summed E-state index contributed by atoms with van der Waals surface area (Å²) in [5, 5.41) is 0. The van der Waals surface area contributed by atoms with Crippen molar-refractivity contribution in [2.75, 3.05) is 18.0 Å². The number of hydrogen-bond donors (Lipinski definition) is 0. The predicted molar refractivity (Wildman–Crippen MR) is 84.3 cm³/mol. The summed E-state index contributed by atoms with van der Waals surface area (Å²) in [4.78, 5) is 27.8. The number of rotatable bonds is 3. The average Bonchev–Trinajstić information content (AvgIpc) is 2.80. The highest BCUT2D eigenvalue weighted by Gasteiger charge is 2.27. The van der Waals surface area contributed by atoms with E-state index < -0.39 is 0 Å². The first-order valence-corrected chi connectivity index (χ1v) is 7.47. The van der Waals surface area contributed by atoms with Crippen molar-refractivity contribution in [3.8, 4) is 0 Å². The van der Waals surface area contributed by atoms with Crippen LogP contribution >= 0.6 is 0 Å². The number of nitrogens with zero attached hydrogens (tertiary/aromatic N) is 2. The zero-order valence-electron chi connectivity index (χ0n) is 13.3. The Morgan fingerprint density at radius 3 is 2.52 bits per heavy atom. The van der Waals surface area contributed by atoms with E-state index in [-0.39, 0.29) is 17.4 Å². The van der Waals surface area contributed by atoms with Crippen LogP contribution in [0.4, 0.5) is 5.69 Å². The fourth-order valence-corrected chi connectivity index (χ4v) is 2.90. The number of fused-ring (bicyclic) bond motifs is 1. The third-order valence-electron chi connectivity index (χ3n) is 3.93. The van der Waals surface area contributed by atoms with Gasteiger partial charge in [-0.05, 0) is 38.8 Å². The zero-order chi connectivity index (χ0) is 15.6. The minimum absolute atomic E-state index is 0.0112. The van der Waals surface area contributed by atoms with Gasteiger partial charge in [-0.3, -0.25) is 9.59 Å². The lowest BCUT2D eigenvalue weighted by Crippen LogP contribution is -2.46. The highest BCUT2D eigenvalue weighted by molar-refractivity contribution is 5.95. The van der Waals surface area contributed by atoms with Gasteiger partial charge >= 0.3 is 0 Å². The Balaban J connectivity index is 2.02. The molecule has 0 spiro atoms. The zero-order valence-corrected chi connectivity index (χ0v) is 13.3. The third kappa shape index (κ3) is 3.43. The Bertz CT molecular complexity index is 546. The van der Waals surface area contributed by atoms with E-state index in [0.717, 1.165) is 18.7 Å². The van der Waals surface area contributed by atoms with Crippen molar-refractivity contribution in [2.24, 2.45) is 0 Å². The monoisotopic (exact) mass is 288 g/mol. The first-order valence-electron chi connectivity index (χ1n) is 7.47. The maximum absolute atomic E-state index is 12.5. The van der Waals surface area contributed by atoms with E-state index in [1.165, 1.54) is 5.56 Å². The van der Waals surface area contributed by atoms with Crippen LogP contribution < -0.4 is 4.90 Å². The minimum atomic E-state index is -0.255. The predicted octanol–water partition coefficient (Wildman–Crippen LogP) is 2.61. The van der Waals surface area contributed by atoms with Crippen molar-refractivity contribution in [3.05, 3.63) is 29.8 Å². The molecule has 0 atom stereocenters. The molecule has 0 aromatic heterocycles. The van der Waals surface area contributed by atoms with Crippen molar-refractivity contribution >= 4 is 17.5 Å². The SMILES string of the molecule is CC(=O)N(CCC(=O)N1CCc2ccccc21)C(C)(C)C. The molecule has 21 heavy (non-hydrogen) atoms. The van der Waals surface area contributed by atoms with Gasteiger partial charge in [0.1, 0.15) is 0 Å². The molecule has 2 rings (SSSR count). The molecule has 1 aliphatic rings. The summed E-state index contributed by atoms with van der Waals surface area (Å²) in [6, 6.07) is 8.03. The van der Waals surface area contributed by atoms with Crippen molar-refractivity contribution in [2.45, 2.75) is 46.1 Å². The smallest absolute Gasteiger partial charge is 0.228 e. The van der Waals surface area contributed by atoms with Gasteiger partial charge in [-0.25, -0.2) is 0 Å². The quantitative estimate of drug-likeness (QED) is 0.858. The van der Waals surface area contributed by atoms with E-state index in [4.69, 9.17) is 0 Å². The van der Waals surface area contributed by atoms with Gasteiger partial charge < -0.3 is 9.80 Å². The van der Waals surface area contributed by atoms with Gasteiger partial charge in [0, 0.05) is 37.7 Å². The second-order valence-electron chi connectivity index (χ2n) is 6.52. The van der Waals surface area contributed by atoms with Gasteiger partial charge in [-0.2, -0.15) is 0 Å². The highest BCUT2D eigenvalue weighted by Crippen LogP contribution is 2.28. The minimum Gasteiger partial charge on any atom is -0.338 e. The van der Waals surface area contributed by atoms with Gasteiger partial charge in [-0.1, -0.05) is 18.2 Å². The van der Waals surface area contributed by atoms with E-state index in [2.05, 4.69) is 6.07 Å². The molecule has 1 heterocycles. The van der Waals surface area contributed by atoms with Crippen LogP contribution in [0.3, 0.4) is 0 Å². The standard InChI is InChI=1S/C17H24N2O2/c1-13(20)19(17(2,3)4)12-10-16(21)18-11-9-14-7-5-6-8-15(14)18/h5-8H,9-12H2,1-4H3. The van der Waals surface area contributed by atoms with Crippen LogP contribution in [0.5, 0.6) is 0 Å². The Labute approximate surface area is 126 Å². The topological polar surface area (TPSA) is 40.6 Å². The van der Waals surface area contributed by atoms with E-state index in [0.29, 0.717) is 13.0 Å². The van der Waals surface area contributed by atoms with Gasteiger partial charge in [0.05, 0.1) is 0 Å². The maximum atomic E-state index is 12.5. The number of benzene rings is 1. The first-order chi connectivity index (χ1) is 9.80. The number of carbonyl (C=O) groups is 2.